The van der Waals surface area contributed by atoms with Crippen molar-refractivity contribution in [2.24, 2.45) is 0 Å². The van der Waals surface area contributed by atoms with Gasteiger partial charge in [0, 0.05) is 6.42 Å². The van der Waals surface area contributed by atoms with Crippen LogP contribution in [0.2, 0.25) is 0 Å². The van der Waals surface area contributed by atoms with Gasteiger partial charge >= 0.3 is 0 Å². The van der Waals surface area contributed by atoms with Crippen LogP contribution in [0.4, 0.5) is 0 Å². The maximum atomic E-state index is 11.0. The van der Waals surface area contributed by atoms with Crippen LogP contribution in [0.5, 0.6) is 0 Å². The molecule has 0 aromatic carbocycles. The molecule has 1 heterocycles. The van der Waals surface area contributed by atoms with Crippen LogP contribution in [0.1, 0.15) is 13.3 Å². The van der Waals surface area contributed by atoms with Crippen molar-refractivity contribution in [1.82, 2.24) is 0 Å². The summed E-state index contributed by atoms with van der Waals surface area (Å²) in [6.07, 6.45) is 0.797. The molecular weight excluding hydrogens is 150 g/mol. The zero-order valence-corrected chi connectivity index (χ0v) is 7.24. The maximum absolute atomic E-state index is 11.0. The van der Waals surface area contributed by atoms with Crippen molar-refractivity contribution in [2.75, 3.05) is 18.6 Å². The number of sulfone groups is 1. The van der Waals surface area contributed by atoms with Crippen LogP contribution in [0.3, 0.4) is 0 Å². The highest BCUT2D eigenvalue weighted by molar-refractivity contribution is 7.91. The molecule has 0 saturated carbocycles. The van der Waals surface area contributed by atoms with Crippen LogP contribution in [0, 0.1) is 0 Å². The van der Waals surface area contributed by atoms with E-state index < -0.39 is 9.84 Å². The zero-order valence-electron chi connectivity index (χ0n) is 6.42. The van der Waals surface area contributed by atoms with E-state index in [1.807, 2.05) is 19.3 Å². The minimum absolute atomic E-state index is 0.0428. The van der Waals surface area contributed by atoms with Crippen molar-refractivity contribution in [3.63, 3.8) is 0 Å². The van der Waals surface area contributed by atoms with Gasteiger partial charge in [0.15, 0.2) is 9.84 Å². The van der Waals surface area contributed by atoms with Gasteiger partial charge in [0.05, 0.1) is 12.8 Å². The molecule has 1 fully saturated rings. The second kappa shape index (κ2) is 2.20. The molecule has 0 aromatic rings. The lowest BCUT2D eigenvalue weighted by Gasteiger charge is -2.15. The third-order valence-corrected chi connectivity index (χ3v) is 4.16. The molecule has 0 unspecified atom stereocenters. The third-order valence-electron chi connectivity index (χ3n) is 2.23. The van der Waals surface area contributed by atoms with Gasteiger partial charge in [-0.1, -0.05) is 0 Å². The molecule has 1 aliphatic heterocycles. The van der Waals surface area contributed by atoms with Gasteiger partial charge in [-0.25, -0.2) is 8.42 Å². The highest BCUT2D eigenvalue weighted by atomic mass is 32.2. The second-order valence-corrected chi connectivity index (χ2v) is 5.47. The SMILES string of the molecule is C[NH2+][C@]1(C)CCS(=O)(=O)C1. The van der Waals surface area contributed by atoms with Gasteiger partial charge in [-0.3, -0.25) is 0 Å². The van der Waals surface area contributed by atoms with Gasteiger partial charge < -0.3 is 5.32 Å². The maximum Gasteiger partial charge on any atom is 0.156 e. The van der Waals surface area contributed by atoms with Crippen LogP contribution in [0.15, 0.2) is 0 Å². The van der Waals surface area contributed by atoms with Crippen molar-refractivity contribution in [2.45, 2.75) is 18.9 Å². The summed E-state index contributed by atoms with van der Waals surface area (Å²) < 4.78 is 22.0. The molecule has 4 heteroatoms. The Hall–Kier alpha value is -0.0900. The lowest BCUT2D eigenvalue weighted by Crippen LogP contribution is -2.93. The Bertz CT molecular complexity index is 222. The lowest BCUT2D eigenvalue weighted by molar-refractivity contribution is -0.694. The van der Waals surface area contributed by atoms with Gasteiger partial charge in [0.2, 0.25) is 0 Å². The molecular formula is C6H14NO2S+. The van der Waals surface area contributed by atoms with Crippen molar-refractivity contribution >= 4 is 9.84 Å². The minimum atomic E-state index is -2.70. The Kier molecular flexibility index (Phi) is 1.76. The van der Waals surface area contributed by atoms with Gasteiger partial charge in [0.25, 0.3) is 0 Å². The van der Waals surface area contributed by atoms with Crippen LogP contribution < -0.4 is 5.32 Å². The fourth-order valence-corrected chi connectivity index (χ4v) is 3.50. The smallest absolute Gasteiger partial charge is 0.156 e. The Balaban J connectivity index is 2.76. The van der Waals surface area contributed by atoms with Crippen molar-refractivity contribution in [3.05, 3.63) is 0 Å². The van der Waals surface area contributed by atoms with Gasteiger partial charge in [-0.05, 0) is 6.92 Å². The topological polar surface area (TPSA) is 50.8 Å². The Labute approximate surface area is 61.7 Å². The number of hydrogen-bond donors (Lipinski definition) is 1. The van der Waals surface area contributed by atoms with Crippen LogP contribution >= 0.6 is 0 Å². The van der Waals surface area contributed by atoms with Gasteiger partial charge in [-0.15, -0.1) is 0 Å². The normalized spacial score (nSPS) is 38.2. The molecule has 0 spiro atoms. The fourth-order valence-electron chi connectivity index (χ4n) is 1.26. The lowest BCUT2D eigenvalue weighted by atomic mass is 10.0. The molecule has 1 saturated heterocycles. The molecule has 3 nitrogen and oxygen atoms in total. The first-order valence-corrected chi connectivity index (χ1v) is 5.31. The fraction of sp³-hybridized carbons (Fsp3) is 1.00. The van der Waals surface area contributed by atoms with Crippen LogP contribution in [-0.4, -0.2) is 32.5 Å². The number of rotatable bonds is 1. The monoisotopic (exact) mass is 164 g/mol. The highest BCUT2D eigenvalue weighted by Gasteiger charge is 2.40. The second-order valence-electron chi connectivity index (χ2n) is 3.28. The summed E-state index contributed by atoms with van der Waals surface area (Å²) >= 11 is 0. The van der Waals surface area contributed by atoms with Gasteiger partial charge in [0.1, 0.15) is 11.3 Å². The summed E-state index contributed by atoms with van der Waals surface area (Å²) in [6.45, 7) is 2.00. The zero-order chi connectivity index (χ0) is 7.83. The largest absolute Gasteiger partial charge is 0.343 e. The molecule has 1 rings (SSSR count). The molecule has 0 bridgehead atoms. The molecule has 1 aliphatic rings. The molecule has 0 aliphatic carbocycles. The highest BCUT2D eigenvalue weighted by Crippen LogP contribution is 2.18. The molecule has 0 amide bonds. The van der Waals surface area contributed by atoms with Crippen LogP contribution in [0.25, 0.3) is 0 Å². The van der Waals surface area contributed by atoms with E-state index in [1.165, 1.54) is 0 Å². The molecule has 0 aromatic heterocycles. The summed E-state index contributed by atoms with van der Waals surface area (Å²) in [6, 6.07) is 0. The minimum Gasteiger partial charge on any atom is -0.343 e. The molecule has 1 atom stereocenters. The van der Waals surface area contributed by atoms with Crippen LogP contribution in [-0.2, 0) is 9.84 Å². The number of quaternary nitrogens is 1. The first-order valence-electron chi connectivity index (χ1n) is 3.48. The summed E-state index contributed by atoms with van der Waals surface area (Å²) in [5.41, 5.74) is -0.0428. The molecule has 2 N–H and O–H groups in total. The molecule has 0 radical (unpaired) electrons. The van der Waals surface area contributed by atoms with E-state index in [2.05, 4.69) is 0 Å². The van der Waals surface area contributed by atoms with E-state index in [9.17, 15) is 8.42 Å². The van der Waals surface area contributed by atoms with Crippen molar-refractivity contribution in [1.29, 1.82) is 0 Å². The quantitative estimate of drug-likeness (QED) is 0.527. The van der Waals surface area contributed by atoms with E-state index in [0.29, 0.717) is 11.5 Å². The predicted molar refractivity (Wildman–Crippen MR) is 39.5 cm³/mol. The predicted octanol–water partition coefficient (Wildman–Crippen LogP) is -1.24. The Morgan fingerprint density at radius 2 is 2.10 bits per heavy atom. The Morgan fingerprint density at radius 1 is 1.50 bits per heavy atom. The van der Waals surface area contributed by atoms with Crippen molar-refractivity contribution in [3.8, 4) is 0 Å². The standard InChI is InChI=1S/C6H13NO2S/c1-6(7-2)3-4-10(8,9)5-6/h7H,3-5H2,1-2H3/p+1/t6-/m1/s1. The summed E-state index contributed by atoms with van der Waals surface area (Å²) in [5.74, 6) is 0.713. The third kappa shape index (κ3) is 1.49. The van der Waals surface area contributed by atoms with E-state index in [0.717, 1.165) is 6.42 Å². The van der Waals surface area contributed by atoms with E-state index in [1.54, 1.807) is 0 Å². The molecule has 10 heavy (non-hydrogen) atoms. The first kappa shape index (κ1) is 8.01. The van der Waals surface area contributed by atoms with Crippen molar-refractivity contribution < 1.29 is 13.7 Å². The summed E-state index contributed by atoms with van der Waals surface area (Å²) in [4.78, 5) is 0. The Morgan fingerprint density at radius 3 is 2.30 bits per heavy atom. The number of nitrogens with two attached hydrogens (primary N) is 1. The van der Waals surface area contributed by atoms with E-state index in [4.69, 9.17) is 0 Å². The summed E-state index contributed by atoms with van der Waals surface area (Å²) in [7, 11) is -0.766. The molecule has 60 valence electrons. The van der Waals surface area contributed by atoms with Gasteiger partial charge in [-0.2, -0.15) is 0 Å². The number of hydrogen-bond acceptors (Lipinski definition) is 2. The average Bonchev–Trinajstić information content (AvgIpc) is 2.08. The first-order chi connectivity index (χ1) is 4.47. The summed E-state index contributed by atoms with van der Waals surface area (Å²) in [5, 5.41) is 2.00. The average molecular weight is 164 g/mol. The van der Waals surface area contributed by atoms with E-state index >= 15 is 0 Å². The van der Waals surface area contributed by atoms with E-state index in [-0.39, 0.29) is 5.54 Å².